The summed E-state index contributed by atoms with van der Waals surface area (Å²) in [5, 5.41) is 0.579. The molecule has 1 heterocycles. The second-order valence-corrected chi connectivity index (χ2v) is 8.48. The van der Waals surface area contributed by atoms with Gasteiger partial charge in [0, 0.05) is 35.1 Å². The fraction of sp³-hybridized carbons (Fsp3) is 0.320. The van der Waals surface area contributed by atoms with Gasteiger partial charge in [-0.1, -0.05) is 61.3 Å². The normalized spacial score (nSPS) is 12.2. The largest absolute Gasteiger partial charge is 0.345 e. The van der Waals surface area contributed by atoms with E-state index in [-0.39, 0.29) is 11.9 Å². The lowest BCUT2D eigenvalue weighted by atomic mass is 10.0. The summed E-state index contributed by atoms with van der Waals surface area (Å²) in [5.74, 6) is 0.357. The molecule has 0 aliphatic carbocycles. The highest BCUT2D eigenvalue weighted by Gasteiger charge is 2.25. The topological polar surface area (TPSA) is 25.2 Å². The number of rotatable bonds is 7. The van der Waals surface area contributed by atoms with E-state index in [9.17, 15) is 4.79 Å². The van der Waals surface area contributed by atoms with E-state index in [0.717, 1.165) is 12.2 Å². The van der Waals surface area contributed by atoms with Gasteiger partial charge >= 0.3 is 0 Å². The smallest absolute Gasteiger partial charge is 0.254 e. The van der Waals surface area contributed by atoms with Crippen LogP contribution in [-0.2, 0) is 13.1 Å². The number of benzene rings is 2. The SMILES string of the molecule is Cc1cccc(Cn2cccc2CN(C(=O)c2cccc(Cl)c2)C(C)C(C)C)c1. The summed E-state index contributed by atoms with van der Waals surface area (Å²) in [7, 11) is 0. The number of nitrogens with zero attached hydrogens (tertiary/aromatic N) is 2. The van der Waals surface area contributed by atoms with Crippen LogP contribution in [0.25, 0.3) is 0 Å². The van der Waals surface area contributed by atoms with Crippen molar-refractivity contribution < 1.29 is 4.79 Å². The number of aryl methyl sites for hydroxylation is 1. The number of carbonyl (C=O) groups excluding carboxylic acids is 1. The Balaban J connectivity index is 1.87. The van der Waals surface area contributed by atoms with Gasteiger partial charge in [0.2, 0.25) is 0 Å². The lowest BCUT2D eigenvalue weighted by Gasteiger charge is -2.32. The first kappa shape index (κ1) is 21.2. The minimum atomic E-state index is 0.0111. The van der Waals surface area contributed by atoms with E-state index in [1.54, 1.807) is 12.1 Å². The Hall–Kier alpha value is -2.52. The molecule has 3 aromatic rings. The first-order valence-electron chi connectivity index (χ1n) is 10.1. The molecule has 0 saturated heterocycles. The minimum absolute atomic E-state index is 0.0111. The molecule has 0 aliphatic heterocycles. The van der Waals surface area contributed by atoms with Gasteiger partial charge in [0.15, 0.2) is 0 Å². The van der Waals surface area contributed by atoms with Crippen molar-refractivity contribution in [2.24, 2.45) is 5.92 Å². The molecule has 1 atom stereocenters. The van der Waals surface area contributed by atoms with Gasteiger partial charge in [0.05, 0.1) is 6.54 Å². The fourth-order valence-corrected chi connectivity index (χ4v) is 3.67. The highest BCUT2D eigenvalue weighted by Crippen LogP contribution is 2.21. The van der Waals surface area contributed by atoms with E-state index in [2.05, 4.69) is 68.8 Å². The molecule has 29 heavy (non-hydrogen) atoms. The number of aromatic nitrogens is 1. The molecule has 0 bridgehead atoms. The van der Waals surface area contributed by atoms with E-state index >= 15 is 0 Å². The summed E-state index contributed by atoms with van der Waals surface area (Å²) in [4.78, 5) is 15.3. The van der Waals surface area contributed by atoms with Crippen LogP contribution < -0.4 is 0 Å². The lowest BCUT2D eigenvalue weighted by molar-refractivity contribution is 0.0622. The van der Waals surface area contributed by atoms with Crippen molar-refractivity contribution in [1.29, 1.82) is 0 Å². The Morgan fingerprint density at radius 1 is 1.03 bits per heavy atom. The third-order valence-corrected chi connectivity index (χ3v) is 5.72. The number of halogens is 1. The van der Waals surface area contributed by atoms with E-state index in [1.807, 2.05) is 23.1 Å². The molecule has 3 rings (SSSR count). The van der Waals surface area contributed by atoms with Crippen molar-refractivity contribution >= 4 is 17.5 Å². The predicted octanol–water partition coefficient (Wildman–Crippen LogP) is 6.19. The molecule has 0 saturated carbocycles. The first-order chi connectivity index (χ1) is 13.8. The quantitative estimate of drug-likeness (QED) is 0.457. The molecule has 152 valence electrons. The second kappa shape index (κ2) is 9.32. The molecule has 3 nitrogen and oxygen atoms in total. The van der Waals surface area contributed by atoms with Crippen molar-refractivity contribution in [3.8, 4) is 0 Å². The van der Waals surface area contributed by atoms with Crippen molar-refractivity contribution in [1.82, 2.24) is 9.47 Å². The van der Waals surface area contributed by atoms with Crippen LogP contribution in [-0.4, -0.2) is 21.4 Å². The summed E-state index contributed by atoms with van der Waals surface area (Å²) in [6.45, 7) is 9.86. The van der Waals surface area contributed by atoms with E-state index in [4.69, 9.17) is 11.6 Å². The summed E-state index contributed by atoms with van der Waals surface area (Å²) >= 11 is 6.13. The molecule has 4 heteroatoms. The minimum Gasteiger partial charge on any atom is -0.345 e. The molecule has 2 aromatic carbocycles. The van der Waals surface area contributed by atoms with Gasteiger partial charge < -0.3 is 9.47 Å². The predicted molar refractivity (Wildman–Crippen MR) is 120 cm³/mol. The van der Waals surface area contributed by atoms with Crippen LogP contribution >= 0.6 is 11.6 Å². The van der Waals surface area contributed by atoms with Crippen LogP contribution in [0.1, 0.15) is 48.0 Å². The van der Waals surface area contributed by atoms with Crippen LogP contribution in [0.4, 0.5) is 0 Å². The van der Waals surface area contributed by atoms with Gasteiger partial charge in [-0.05, 0) is 55.7 Å². The molecule has 0 spiro atoms. The van der Waals surface area contributed by atoms with Gasteiger partial charge in [-0.25, -0.2) is 0 Å². The van der Waals surface area contributed by atoms with Gasteiger partial charge in [0.25, 0.3) is 5.91 Å². The molecule has 1 amide bonds. The summed E-state index contributed by atoms with van der Waals surface area (Å²) in [5.41, 5.74) is 4.26. The number of carbonyl (C=O) groups is 1. The molecular weight excluding hydrogens is 380 g/mol. The highest BCUT2D eigenvalue weighted by atomic mass is 35.5. The number of hydrogen-bond donors (Lipinski definition) is 0. The standard InChI is InChI=1S/C25H29ClN2O/c1-18(2)20(4)28(25(29)22-10-6-11-23(26)15-22)17-24-12-7-13-27(24)16-21-9-5-8-19(3)14-21/h5-15,18,20H,16-17H2,1-4H3. The molecular formula is C25H29ClN2O. The Kier molecular flexibility index (Phi) is 6.81. The van der Waals surface area contributed by atoms with Crippen LogP contribution in [0, 0.1) is 12.8 Å². The van der Waals surface area contributed by atoms with E-state index in [1.165, 1.54) is 11.1 Å². The molecule has 1 unspecified atom stereocenters. The van der Waals surface area contributed by atoms with Crippen molar-refractivity contribution in [3.63, 3.8) is 0 Å². The Morgan fingerprint density at radius 3 is 2.48 bits per heavy atom. The lowest BCUT2D eigenvalue weighted by Crippen LogP contribution is -2.41. The van der Waals surface area contributed by atoms with Gasteiger partial charge in [-0.2, -0.15) is 0 Å². The van der Waals surface area contributed by atoms with Gasteiger partial charge in [0.1, 0.15) is 0 Å². The Morgan fingerprint density at radius 2 is 1.79 bits per heavy atom. The maximum absolute atomic E-state index is 13.3. The second-order valence-electron chi connectivity index (χ2n) is 8.04. The van der Waals surface area contributed by atoms with Crippen LogP contribution in [0.15, 0.2) is 66.9 Å². The zero-order valence-corrected chi connectivity index (χ0v) is 18.4. The average molecular weight is 409 g/mol. The van der Waals surface area contributed by atoms with Crippen LogP contribution in [0.2, 0.25) is 5.02 Å². The monoisotopic (exact) mass is 408 g/mol. The van der Waals surface area contributed by atoms with Crippen molar-refractivity contribution in [2.75, 3.05) is 0 Å². The third kappa shape index (κ3) is 5.30. The first-order valence-corrected chi connectivity index (χ1v) is 10.5. The van der Waals surface area contributed by atoms with Crippen molar-refractivity contribution in [2.45, 2.75) is 46.8 Å². The zero-order chi connectivity index (χ0) is 21.0. The van der Waals surface area contributed by atoms with Crippen LogP contribution in [0.5, 0.6) is 0 Å². The Bertz CT molecular complexity index is 976. The summed E-state index contributed by atoms with van der Waals surface area (Å²) < 4.78 is 2.22. The Labute approximate surface area is 178 Å². The average Bonchev–Trinajstić information content (AvgIpc) is 3.11. The van der Waals surface area contributed by atoms with E-state index in [0.29, 0.717) is 23.0 Å². The molecule has 0 N–H and O–H groups in total. The maximum Gasteiger partial charge on any atom is 0.254 e. The van der Waals surface area contributed by atoms with Crippen LogP contribution in [0.3, 0.4) is 0 Å². The highest BCUT2D eigenvalue weighted by molar-refractivity contribution is 6.30. The van der Waals surface area contributed by atoms with E-state index < -0.39 is 0 Å². The third-order valence-electron chi connectivity index (χ3n) is 5.48. The maximum atomic E-state index is 13.3. The van der Waals surface area contributed by atoms with Gasteiger partial charge in [-0.15, -0.1) is 0 Å². The molecule has 0 radical (unpaired) electrons. The zero-order valence-electron chi connectivity index (χ0n) is 17.6. The van der Waals surface area contributed by atoms with Gasteiger partial charge in [-0.3, -0.25) is 4.79 Å². The number of hydrogen-bond acceptors (Lipinski definition) is 1. The summed E-state index contributed by atoms with van der Waals surface area (Å²) in [6.07, 6.45) is 2.08. The molecule has 0 fully saturated rings. The molecule has 0 aliphatic rings. The fourth-order valence-electron chi connectivity index (χ4n) is 3.48. The summed E-state index contributed by atoms with van der Waals surface area (Å²) in [6, 6.07) is 20.0. The van der Waals surface area contributed by atoms with Crippen molar-refractivity contribution in [3.05, 3.63) is 94.3 Å². The number of amides is 1. The molecule has 1 aromatic heterocycles.